The van der Waals surface area contributed by atoms with Gasteiger partial charge in [0.1, 0.15) is 0 Å². The molecular formula is C20H20N6O2. The number of carbonyl (C=O) groups is 2. The molecule has 0 aliphatic heterocycles. The van der Waals surface area contributed by atoms with Gasteiger partial charge < -0.3 is 33.6 Å². The van der Waals surface area contributed by atoms with E-state index in [9.17, 15) is 9.59 Å². The van der Waals surface area contributed by atoms with Crippen LogP contribution in [0.3, 0.4) is 0 Å². The topological polar surface area (TPSA) is 162 Å². The minimum Gasteiger partial charge on any atom is -0.399 e. The van der Waals surface area contributed by atoms with E-state index in [4.69, 9.17) is 22.9 Å². The summed E-state index contributed by atoms with van der Waals surface area (Å²) in [6.07, 6.45) is 0. The molecule has 28 heavy (non-hydrogen) atoms. The predicted octanol–water partition coefficient (Wildman–Crippen LogP) is 2.52. The maximum Gasteiger partial charge on any atom is 0.255 e. The Morgan fingerprint density at radius 3 is 1.25 bits per heavy atom. The Morgan fingerprint density at radius 1 is 0.571 bits per heavy atom. The van der Waals surface area contributed by atoms with Crippen LogP contribution in [0.15, 0.2) is 60.7 Å². The van der Waals surface area contributed by atoms with Crippen LogP contribution in [0.2, 0.25) is 0 Å². The lowest BCUT2D eigenvalue weighted by molar-refractivity contribution is 0.101. The lowest BCUT2D eigenvalue weighted by atomic mass is 10.1. The molecule has 2 amide bonds. The minimum absolute atomic E-state index is 0.355. The molecule has 10 N–H and O–H groups in total. The summed E-state index contributed by atoms with van der Waals surface area (Å²) >= 11 is 0. The van der Waals surface area contributed by atoms with Gasteiger partial charge in [0.05, 0.1) is 22.7 Å². The maximum absolute atomic E-state index is 12.4. The zero-order valence-electron chi connectivity index (χ0n) is 14.9. The zero-order chi connectivity index (χ0) is 20.3. The Labute approximate surface area is 161 Å². The Hall–Kier alpha value is -4.20. The fourth-order valence-corrected chi connectivity index (χ4v) is 2.55. The van der Waals surface area contributed by atoms with Crippen LogP contribution >= 0.6 is 0 Å². The van der Waals surface area contributed by atoms with E-state index in [1.807, 2.05) is 0 Å². The van der Waals surface area contributed by atoms with Gasteiger partial charge in [-0.25, -0.2) is 0 Å². The standard InChI is InChI=1S/C20H20N6O2/c21-13-5-7-17(15(23)9-13)25-19(27)11-1-2-12(4-3-11)20(28)26-18-8-6-14(22)10-16(18)24/h1-10H,21-24H2,(H,25,27)(H,26,28). The Morgan fingerprint density at radius 2 is 0.929 bits per heavy atom. The third-order valence-electron chi connectivity index (χ3n) is 4.06. The molecule has 8 heteroatoms. The number of rotatable bonds is 4. The summed E-state index contributed by atoms with van der Waals surface area (Å²) in [5, 5.41) is 5.41. The second kappa shape index (κ2) is 7.58. The SMILES string of the molecule is Nc1ccc(NC(=O)c2ccc(C(=O)Nc3ccc(N)cc3N)cc2)c(N)c1. The van der Waals surface area contributed by atoms with E-state index in [0.717, 1.165) is 0 Å². The first-order valence-electron chi connectivity index (χ1n) is 8.36. The molecular weight excluding hydrogens is 356 g/mol. The van der Waals surface area contributed by atoms with E-state index >= 15 is 0 Å². The Kier molecular flexibility index (Phi) is 5.03. The van der Waals surface area contributed by atoms with E-state index in [0.29, 0.717) is 45.3 Å². The van der Waals surface area contributed by atoms with Crippen molar-refractivity contribution in [3.05, 3.63) is 71.8 Å². The molecule has 0 fully saturated rings. The Balaban J connectivity index is 1.70. The molecule has 0 aliphatic carbocycles. The lowest BCUT2D eigenvalue weighted by Gasteiger charge is -2.10. The number of hydrogen-bond donors (Lipinski definition) is 6. The monoisotopic (exact) mass is 376 g/mol. The normalized spacial score (nSPS) is 10.3. The van der Waals surface area contributed by atoms with Crippen molar-refractivity contribution in [2.24, 2.45) is 0 Å². The molecule has 3 aromatic rings. The van der Waals surface area contributed by atoms with Crippen molar-refractivity contribution >= 4 is 45.9 Å². The Bertz CT molecular complexity index is 963. The summed E-state index contributed by atoms with van der Waals surface area (Å²) in [5.74, 6) is -0.711. The molecule has 8 nitrogen and oxygen atoms in total. The molecule has 0 aromatic heterocycles. The molecule has 0 radical (unpaired) electrons. The lowest BCUT2D eigenvalue weighted by Crippen LogP contribution is -2.15. The highest BCUT2D eigenvalue weighted by molar-refractivity contribution is 6.08. The third kappa shape index (κ3) is 4.13. The zero-order valence-corrected chi connectivity index (χ0v) is 14.9. The van der Waals surface area contributed by atoms with Crippen molar-refractivity contribution in [1.29, 1.82) is 0 Å². The largest absolute Gasteiger partial charge is 0.399 e. The van der Waals surface area contributed by atoms with Gasteiger partial charge in [0.25, 0.3) is 11.8 Å². The van der Waals surface area contributed by atoms with Crippen molar-refractivity contribution < 1.29 is 9.59 Å². The smallest absolute Gasteiger partial charge is 0.255 e. The van der Waals surface area contributed by atoms with Crippen LogP contribution in [0.4, 0.5) is 34.1 Å². The first kappa shape index (κ1) is 18.6. The molecule has 0 saturated carbocycles. The number of nitrogens with one attached hydrogen (secondary N) is 2. The first-order chi connectivity index (χ1) is 13.3. The van der Waals surface area contributed by atoms with Gasteiger partial charge in [0.15, 0.2) is 0 Å². The molecule has 0 bridgehead atoms. The number of amides is 2. The van der Waals surface area contributed by atoms with E-state index in [1.54, 1.807) is 60.7 Å². The van der Waals surface area contributed by atoms with Crippen LogP contribution in [0.5, 0.6) is 0 Å². The second-order valence-corrected chi connectivity index (χ2v) is 6.18. The highest BCUT2D eigenvalue weighted by Gasteiger charge is 2.12. The van der Waals surface area contributed by atoms with Crippen LogP contribution in [0.1, 0.15) is 20.7 Å². The number of benzene rings is 3. The average molecular weight is 376 g/mol. The highest BCUT2D eigenvalue weighted by atomic mass is 16.2. The molecule has 0 spiro atoms. The number of nitrogen functional groups attached to an aromatic ring is 4. The molecule has 0 unspecified atom stereocenters. The van der Waals surface area contributed by atoms with Crippen molar-refractivity contribution in [1.82, 2.24) is 0 Å². The molecule has 0 heterocycles. The highest BCUT2D eigenvalue weighted by Crippen LogP contribution is 2.23. The number of anilines is 6. The van der Waals surface area contributed by atoms with Crippen molar-refractivity contribution in [3.63, 3.8) is 0 Å². The van der Waals surface area contributed by atoms with Gasteiger partial charge in [0.2, 0.25) is 0 Å². The molecule has 0 saturated heterocycles. The van der Waals surface area contributed by atoms with Crippen LogP contribution in [0.25, 0.3) is 0 Å². The fourth-order valence-electron chi connectivity index (χ4n) is 2.55. The van der Waals surface area contributed by atoms with Gasteiger partial charge >= 0.3 is 0 Å². The molecule has 0 aliphatic rings. The maximum atomic E-state index is 12.4. The third-order valence-corrected chi connectivity index (χ3v) is 4.06. The van der Waals surface area contributed by atoms with Gasteiger partial charge in [-0.05, 0) is 60.7 Å². The molecule has 3 aromatic carbocycles. The van der Waals surface area contributed by atoms with Crippen LogP contribution in [-0.4, -0.2) is 11.8 Å². The van der Waals surface area contributed by atoms with Gasteiger partial charge in [-0.2, -0.15) is 0 Å². The van der Waals surface area contributed by atoms with Crippen LogP contribution in [-0.2, 0) is 0 Å². The van der Waals surface area contributed by atoms with Crippen molar-refractivity contribution in [2.75, 3.05) is 33.6 Å². The summed E-state index contributed by atoms with van der Waals surface area (Å²) in [4.78, 5) is 24.7. The van der Waals surface area contributed by atoms with Gasteiger partial charge in [-0.1, -0.05) is 0 Å². The first-order valence-corrected chi connectivity index (χ1v) is 8.36. The van der Waals surface area contributed by atoms with Gasteiger partial charge in [-0.3, -0.25) is 9.59 Å². The molecule has 0 atom stereocenters. The summed E-state index contributed by atoms with van der Waals surface area (Å²) < 4.78 is 0. The summed E-state index contributed by atoms with van der Waals surface area (Å²) in [6, 6.07) is 15.8. The second-order valence-electron chi connectivity index (χ2n) is 6.18. The summed E-state index contributed by atoms with van der Waals surface area (Å²) in [5.41, 5.74) is 26.4. The number of nitrogens with two attached hydrogens (primary N) is 4. The molecule has 3 rings (SSSR count). The van der Waals surface area contributed by atoms with E-state index < -0.39 is 0 Å². The minimum atomic E-state index is -0.355. The molecule has 142 valence electrons. The van der Waals surface area contributed by atoms with Crippen LogP contribution in [0, 0.1) is 0 Å². The van der Waals surface area contributed by atoms with Crippen molar-refractivity contribution in [2.45, 2.75) is 0 Å². The number of carbonyl (C=O) groups excluding carboxylic acids is 2. The summed E-state index contributed by atoms with van der Waals surface area (Å²) in [7, 11) is 0. The van der Waals surface area contributed by atoms with E-state index in [2.05, 4.69) is 10.6 Å². The quantitative estimate of drug-likeness (QED) is 0.383. The fraction of sp³-hybridized carbons (Fsp3) is 0. The predicted molar refractivity (Wildman–Crippen MR) is 113 cm³/mol. The van der Waals surface area contributed by atoms with Gasteiger partial charge in [-0.15, -0.1) is 0 Å². The van der Waals surface area contributed by atoms with Crippen molar-refractivity contribution in [3.8, 4) is 0 Å². The number of hydrogen-bond acceptors (Lipinski definition) is 6. The van der Waals surface area contributed by atoms with E-state index in [1.165, 1.54) is 0 Å². The van der Waals surface area contributed by atoms with E-state index in [-0.39, 0.29) is 11.8 Å². The van der Waals surface area contributed by atoms with Gasteiger partial charge in [0, 0.05) is 22.5 Å². The summed E-state index contributed by atoms with van der Waals surface area (Å²) in [6.45, 7) is 0. The van der Waals surface area contributed by atoms with Crippen LogP contribution < -0.4 is 33.6 Å². The average Bonchev–Trinajstić information content (AvgIpc) is 2.66.